The van der Waals surface area contributed by atoms with E-state index >= 15 is 0 Å². The fourth-order valence-corrected chi connectivity index (χ4v) is 4.91. The van der Waals surface area contributed by atoms with Gasteiger partial charge in [-0.15, -0.1) is 23.1 Å². The molecule has 1 aliphatic rings. The van der Waals surface area contributed by atoms with Gasteiger partial charge in [0, 0.05) is 9.77 Å². The molecule has 3 rings (SSSR count). The number of hydrogen-bond acceptors (Lipinski definition) is 4. The highest BCUT2D eigenvalue weighted by atomic mass is 32.2. The van der Waals surface area contributed by atoms with Crippen LogP contribution in [0.4, 0.5) is 5.00 Å². The quantitative estimate of drug-likeness (QED) is 0.821. The minimum absolute atomic E-state index is 0.141. The van der Waals surface area contributed by atoms with E-state index < -0.39 is 0 Å². The predicted molar refractivity (Wildman–Crippen MR) is 96.4 cm³/mol. The summed E-state index contributed by atoms with van der Waals surface area (Å²) in [5.74, 6) is 0.506. The number of thioether (sulfide) groups is 1. The third-order valence-corrected chi connectivity index (χ3v) is 6.17. The van der Waals surface area contributed by atoms with E-state index in [-0.39, 0.29) is 5.91 Å². The lowest BCUT2D eigenvalue weighted by atomic mass is 9.88. The molecule has 1 amide bonds. The third-order valence-electron chi connectivity index (χ3n) is 4.20. The number of nitrogens with one attached hydrogen (secondary N) is 1. The third kappa shape index (κ3) is 3.15. The number of anilines is 1. The maximum absolute atomic E-state index is 12.6. The van der Waals surface area contributed by atoms with Gasteiger partial charge in [-0.3, -0.25) is 4.79 Å². The Morgan fingerprint density at radius 1 is 1.43 bits per heavy atom. The summed E-state index contributed by atoms with van der Waals surface area (Å²) >= 11 is 3.11. The van der Waals surface area contributed by atoms with E-state index in [0.29, 0.717) is 22.0 Å². The van der Waals surface area contributed by atoms with Crippen LogP contribution in [0.5, 0.6) is 0 Å². The Balaban J connectivity index is 1.91. The molecule has 1 heterocycles. The number of amides is 1. The maximum atomic E-state index is 12.6. The lowest BCUT2D eigenvalue weighted by Crippen LogP contribution is -2.13. The van der Waals surface area contributed by atoms with Crippen LogP contribution in [-0.2, 0) is 12.8 Å². The molecule has 0 saturated carbocycles. The monoisotopic (exact) mass is 342 g/mol. The molecule has 5 heteroatoms. The van der Waals surface area contributed by atoms with Crippen LogP contribution >= 0.6 is 23.1 Å². The molecule has 0 bridgehead atoms. The van der Waals surface area contributed by atoms with Crippen molar-refractivity contribution in [3.63, 3.8) is 0 Å². The minimum Gasteiger partial charge on any atom is -0.312 e. The van der Waals surface area contributed by atoms with Gasteiger partial charge in [-0.2, -0.15) is 5.26 Å². The van der Waals surface area contributed by atoms with Crippen LogP contribution in [0.25, 0.3) is 0 Å². The molecule has 2 aromatic rings. The van der Waals surface area contributed by atoms with Crippen molar-refractivity contribution in [2.24, 2.45) is 5.92 Å². The van der Waals surface area contributed by atoms with Gasteiger partial charge in [0.1, 0.15) is 11.1 Å². The molecule has 0 aliphatic heterocycles. The highest BCUT2D eigenvalue weighted by molar-refractivity contribution is 7.98. The highest BCUT2D eigenvalue weighted by Crippen LogP contribution is 2.39. The van der Waals surface area contributed by atoms with E-state index in [1.54, 1.807) is 23.1 Å². The molecule has 1 aromatic carbocycles. The smallest absolute Gasteiger partial charge is 0.257 e. The van der Waals surface area contributed by atoms with Gasteiger partial charge in [0.25, 0.3) is 5.91 Å². The lowest BCUT2D eigenvalue weighted by molar-refractivity contribution is 0.102. The van der Waals surface area contributed by atoms with Crippen LogP contribution in [0.3, 0.4) is 0 Å². The molecule has 1 aliphatic carbocycles. The molecule has 3 nitrogen and oxygen atoms in total. The minimum atomic E-state index is -0.141. The molecule has 0 fully saturated rings. The van der Waals surface area contributed by atoms with Crippen molar-refractivity contribution in [3.8, 4) is 6.07 Å². The van der Waals surface area contributed by atoms with Gasteiger partial charge in [0.2, 0.25) is 0 Å². The fourth-order valence-electron chi connectivity index (χ4n) is 2.96. The number of fused-ring (bicyclic) bond motifs is 1. The molecule has 0 unspecified atom stereocenters. The van der Waals surface area contributed by atoms with Crippen molar-refractivity contribution in [2.45, 2.75) is 31.1 Å². The first-order valence-corrected chi connectivity index (χ1v) is 9.67. The van der Waals surface area contributed by atoms with Gasteiger partial charge in [0.05, 0.1) is 11.1 Å². The van der Waals surface area contributed by atoms with Crippen molar-refractivity contribution in [1.82, 2.24) is 0 Å². The van der Waals surface area contributed by atoms with E-state index in [0.717, 1.165) is 29.7 Å². The molecule has 1 aromatic heterocycles. The van der Waals surface area contributed by atoms with Gasteiger partial charge < -0.3 is 5.32 Å². The fraction of sp³-hybridized carbons (Fsp3) is 0.333. The molecular weight excluding hydrogens is 324 g/mol. The SMILES string of the molecule is CSc1ccccc1C(=O)Nc1sc2c(c1C#N)CC[C@@H](C)C2. The summed E-state index contributed by atoms with van der Waals surface area (Å²) in [5.41, 5.74) is 2.46. The first-order chi connectivity index (χ1) is 11.1. The summed E-state index contributed by atoms with van der Waals surface area (Å²) in [5, 5.41) is 13.2. The molecule has 1 atom stereocenters. The Hall–Kier alpha value is -1.77. The topological polar surface area (TPSA) is 52.9 Å². The zero-order chi connectivity index (χ0) is 16.4. The molecule has 0 spiro atoms. The molecule has 1 N–H and O–H groups in total. The van der Waals surface area contributed by atoms with Crippen LogP contribution in [-0.4, -0.2) is 12.2 Å². The van der Waals surface area contributed by atoms with E-state index in [1.165, 1.54) is 4.88 Å². The summed E-state index contributed by atoms with van der Waals surface area (Å²) in [6, 6.07) is 9.84. The second-order valence-electron chi connectivity index (χ2n) is 5.82. The lowest BCUT2D eigenvalue weighted by Gasteiger charge is -2.17. The van der Waals surface area contributed by atoms with Gasteiger partial charge in [-0.05, 0) is 49.1 Å². The summed E-state index contributed by atoms with van der Waals surface area (Å²) in [4.78, 5) is 14.8. The molecule has 118 valence electrons. The largest absolute Gasteiger partial charge is 0.312 e. The second kappa shape index (κ2) is 6.77. The first kappa shape index (κ1) is 16.1. The number of rotatable bonds is 3. The Kier molecular flexibility index (Phi) is 4.74. The summed E-state index contributed by atoms with van der Waals surface area (Å²) in [6.45, 7) is 2.24. The van der Waals surface area contributed by atoms with Crippen molar-refractivity contribution in [1.29, 1.82) is 5.26 Å². The molecule has 23 heavy (non-hydrogen) atoms. The zero-order valence-electron chi connectivity index (χ0n) is 13.2. The molecule has 0 radical (unpaired) electrons. The molecule has 0 saturated heterocycles. The number of carbonyl (C=O) groups is 1. The number of benzene rings is 1. The Labute approximate surface area is 144 Å². The van der Waals surface area contributed by atoms with Crippen molar-refractivity contribution < 1.29 is 4.79 Å². The number of hydrogen-bond donors (Lipinski definition) is 1. The zero-order valence-corrected chi connectivity index (χ0v) is 14.8. The standard InChI is InChI=1S/C18H18N2OS2/c1-11-7-8-12-14(10-19)18(23-16(12)9-11)20-17(21)13-5-3-4-6-15(13)22-2/h3-6,11H,7-9H2,1-2H3,(H,20,21)/t11-/m1/s1. The van der Waals surface area contributed by atoms with E-state index in [1.807, 2.05) is 30.5 Å². The Morgan fingerprint density at radius 3 is 2.96 bits per heavy atom. The van der Waals surface area contributed by atoms with Gasteiger partial charge in [0.15, 0.2) is 0 Å². The van der Waals surface area contributed by atoms with Crippen LogP contribution in [0.15, 0.2) is 29.2 Å². The predicted octanol–water partition coefficient (Wildman–Crippen LogP) is 4.72. The van der Waals surface area contributed by atoms with E-state index in [4.69, 9.17) is 0 Å². The summed E-state index contributed by atoms with van der Waals surface area (Å²) in [6.07, 6.45) is 5.01. The number of nitriles is 1. The number of thiophene rings is 1. The molecular formula is C18H18N2OS2. The average Bonchev–Trinajstić information content (AvgIpc) is 2.90. The van der Waals surface area contributed by atoms with Gasteiger partial charge in [-0.25, -0.2) is 0 Å². The van der Waals surface area contributed by atoms with Gasteiger partial charge in [-0.1, -0.05) is 19.1 Å². The maximum Gasteiger partial charge on any atom is 0.257 e. The first-order valence-electron chi connectivity index (χ1n) is 7.63. The van der Waals surface area contributed by atoms with Crippen molar-refractivity contribution in [3.05, 3.63) is 45.8 Å². The summed E-state index contributed by atoms with van der Waals surface area (Å²) in [7, 11) is 0. The Bertz CT molecular complexity index is 789. The normalized spacial score (nSPS) is 16.5. The number of nitrogens with zero attached hydrogens (tertiary/aromatic N) is 1. The number of carbonyl (C=O) groups excluding carboxylic acids is 1. The van der Waals surface area contributed by atoms with E-state index in [9.17, 15) is 10.1 Å². The van der Waals surface area contributed by atoms with E-state index in [2.05, 4.69) is 18.3 Å². The van der Waals surface area contributed by atoms with Crippen LogP contribution in [0, 0.1) is 17.2 Å². The second-order valence-corrected chi connectivity index (χ2v) is 7.78. The van der Waals surface area contributed by atoms with Crippen molar-refractivity contribution in [2.75, 3.05) is 11.6 Å². The highest BCUT2D eigenvalue weighted by Gasteiger charge is 2.25. The average molecular weight is 342 g/mol. The van der Waals surface area contributed by atoms with Gasteiger partial charge >= 0.3 is 0 Å². The van der Waals surface area contributed by atoms with Crippen molar-refractivity contribution >= 4 is 34.0 Å². The van der Waals surface area contributed by atoms with Crippen LogP contribution < -0.4 is 5.32 Å². The summed E-state index contributed by atoms with van der Waals surface area (Å²) < 4.78 is 0. The van der Waals surface area contributed by atoms with Crippen LogP contribution in [0.2, 0.25) is 0 Å². The van der Waals surface area contributed by atoms with Crippen LogP contribution in [0.1, 0.15) is 39.7 Å². The Morgan fingerprint density at radius 2 is 2.22 bits per heavy atom.